The minimum Gasteiger partial charge on any atom is -0.356 e. The Bertz CT molecular complexity index is 710. The summed E-state index contributed by atoms with van der Waals surface area (Å²) in [6, 6.07) is 8.52. The molecular formula is C17H21N5. The first-order valence-electron chi connectivity index (χ1n) is 8.21. The van der Waals surface area contributed by atoms with Crippen molar-refractivity contribution in [2.24, 2.45) is 4.99 Å². The summed E-state index contributed by atoms with van der Waals surface area (Å²) in [5, 5.41) is 8.68. The minimum absolute atomic E-state index is 0.605. The lowest BCUT2D eigenvalue weighted by molar-refractivity contribution is 0.342. The average molecular weight is 295 g/mol. The van der Waals surface area contributed by atoms with E-state index in [2.05, 4.69) is 50.9 Å². The van der Waals surface area contributed by atoms with Crippen LogP contribution in [-0.4, -0.2) is 38.6 Å². The van der Waals surface area contributed by atoms with Crippen LogP contribution in [0.5, 0.6) is 0 Å². The molecule has 2 aliphatic heterocycles. The maximum atomic E-state index is 4.90. The third-order valence-corrected chi connectivity index (χ3v) is 4.53. The third kappa shape index (κ3) is 2.12. The zero-order valence-electron chi connectivity index (χ0n) is 13.0. The van der Waals surface area contributed by atoms with Crippen molar-refractivity contribution in [2.45, 2.75) is 39.2 Å². The second kappa shape index (κ2) is 5.55. The molecule has 1 aromatic carbocycles. The first-order valence-corrected chi connectivity index (χ1v) is 8.21. The van der Waals surface area contributed by atoms with E-state index in [-0.39, 0.29) is 0 Å². The Balaban J connectivity index is 1.85. The van der Waals surface area contributed by atoms with Crippen LogP contribution in [0.25, 0.3) is 5.69 Å². The minimum atomic E-state index is 0.605. The molecule has 0 aliphatic carbocycles. The second-order valence-corrected chi connectivity index (χ2v) is 5.93. The molecule has 0 unspecified atom stereocenters. The molecule has 2 aliphatic rings. The van der Waals surface area contributed by atoms with Gasteiger partial charge in [0.25, 0.3) is 0 Å². The lowest BCUT2D eigenvalue weighted by atomic mass is 10.1. The van der Waals surface area contributed by atoms with Crippen molar-refractivity contribution in [2.75, 3.05) is 13.1 Å². The van der Waals surface area contributed by atoms with Crippen molar-refractivity contribution in [3.63, 3.8) is 0 Å². The van der Waals surface area contributed by atoms with Gasteiger partial charge in [0.15, 0.2) is 5.82 Å². The molecule has 1 saturated heterocycles. The van der Waals surface area contributed by atoms with Crippen LogP contribution in [0, 0.1) is 0 Å². The molecule has 0 amide bonds. The highest BCUT2D eigenvalue weighted by molar-refractivity contribution is 6.02. The van der Waals surface area contributed by atoms with Crippen LogP contribution in [-0.2, 0) is 13.0 Å². The Labute approximate surface area is 130 Å². The molecule has 0 spiro atoms. The van der Waals surface area contributed by atoms with E-state index in [1.54, 1.807) is 0 Å². The van der Waals surface area contributed by atoms with Gasteiger partial charge in [-0.3, -0.25) is 9.56 Å². The van der Waals surface area contributed by atoms with Crippen LogP contribution in [0.1, 0.15) is 43.4 Å². The molecule has 1 fully saturated rings. The number of hydrogen-bond donors (Lipinski definition) is 0. The van der Waals surface area contributed by atoms with Gasteiger partial charge in [-0.1, -0.05) is 19.1 Å². The van der Waals surface area contributed by atoms with Crippen molar-refractivity contribution in [3.05, 3.63) is 41.5 Å². The fourth-order valence-corrected chi connectivity index (χ4v) is 3.43. The van der Waals surface area contributed by atoms with E-state index in [0.717, 1.165) is 37.0 Å². The van der Waals surface area contributed by atoms with Gasteiger partial charge in [0.05, 0.1) is 5.69 Å². The summed E-state index contributed by atoms with van der Waals surface area (Å²) in [7, 11) is 0. The lowest BCUT2D eigenvalue weighted by Crippen LogP contribution is -2.36. The van der Waals surface area contributed by atoms with Gasteiger partial charge in [-0.15, -0.1) is 10.2 Å². The monoisotopic (exact) mass is 295 g/mol. The zero-order valence-corrected chi connectivity index (χ0v) is 13.0. The number of benzene rings is 1. The van der Waals surface area contributed by atoms with E-state index >= 15 is 0 Å². The van der Waals surface area contributed by atoms with Crippen molar-refractivity contribution in [1.29, 1.82) is 0 Å². The second-order valence-electron chi connectivity index (χ2n) is 5.93. The van der Waals surface area contributed by atoms with E-state index in [9.17, 15) is 0 Å². The molecule has 0 radical (unpaired) electrons. The van der Waals surface area contributed by atoms with Crippen molar-refractivity contribution in [1.82, 2.24) is 19.7 Å². The van der Waals surface area contributed by atoms with Gasteiger partial charge in [-0.25, -0.2) is 0 Å². The number of likely N-dealkylation sites (tertiary alicyclic amines) is 1. The van der Waals surface area contributed by atoms with E-state index in [1.165, 1.54) is 30.5 Å². The van der Waals surface area contributed by atoms with Crippen molar-refractivity contribution in [3.8, 4) is 5.69 Å². The summed E-state index contributed by atoms with van der Waals surface area (Å²) in [4.78, 5) is 7.33. The van der Waals surface area contributed by atoms with Crippen molar-refractivity contribution < 1.29 is 0 Å². The fraction of sp³-hybridized carbons (Fsp3) is 0.471. The number of rotatable bonds is 1. The van der Waals surface area contributed by atoms with Gasteiger partial charge in [0, 0.05) is 25.1 Å². The van der Waals surface area contributed by atoms with Crippen LogP contribution in [0.15, 0.2) is 29.3 Å². The summed E-state index contributed by atoms with van der Waals surface area (Å²) >= 11 is 0. The number of fused-ring (bicyclic) bond motifs is 3. The van der Waals surface area contributed by atoms with Crippen molar-refractivity contribution >= 4 is 5.84 Å². The number of aromatic nitrogens is 3. The first kappa shape index (κ1) is 13.5. The molecule has 0 saturated carbocycles. The summed E-state index contributed by atoms with van der Waals surface area (Å²) in [5.74, 6) is 3.08. The maximum absolute atomic E-state index is 4.90. The number of hydrogen-bond acceptors (Lipinski definition) is 4. The first-order chi connectivity index (χ1) is 10.9. The van der Waals surface area contributed by atoms with Crippen LogP contribution >= 0.6 is 0 Å². The van der Waals surface area contributed by atoms with E-state index in [4.69, 9.17) is 4.99 Å². The SMILES string of the molecule is CCc1nnc2n1-c1ccccc1C(N1CCCCC1)=NC2. The van der Waals surface area contributed by atoms with Gasteiger partial charge in [0.2, 0.25) is 0 Å². The van der Waals surface area contributed by atoms with Gasteiger partial charge in [-0.2, -0.15) is 0 Å². The van der Waals surface area contributed by atoms with Crippen LogP contribution in [0.4, 0.5) is 0 Å². The van der Waals surface area contributed by atoms with Gasteiger partial charge in [-0.05, 0) is 31.4 Å². The molecule has 4 rings (SSSR count). The molecule has 1 aromatic heterocycles. The van der Waals surface area contributed by atoms with E-state index in [0.29, 0.717) is 6.54 Å². The molecule has 2 aromatic rings. The van der Waals surface area contributed by atoms with Crippen LogP contribution in [0.3, 0.4) is 0 Å². The predicted octanol–water partition coefficient (Wildman–Crippen LogP) is 2.58. The Kier molecular flexibility index (Phi) is 3.41. The summed E-state index contributed by atoms with van der Waals surface area (Å²) in [6.07, 6.45) is 4.72. The zero-order chi connectivity index (χ0) is 14.9. The van der Waals surface area contributed by atoms with Crippen LogP contribution in [0.2, 0.25) is 0 Å². The molecule has 22 heavy (non-hydrogen) atoms. The highest BCUT2D eigenvalue weighted by Crippen LogP contribution is 2.25. The standard InChI is InChI=1S/C17H21N5/c1-2-15-19-20-16-12-18-17(21-10-6-3-7-11-21)13-8-4-5-9-14(13)22(15)16/h4-5,8-9H,2-3,6-7,10-12H2,1H3. The molecule has 0 atom stereocenters. The number of aryl methyl sites for hydroxylation is 1. The number of aliphatic imine (C=N–C) groups is 1. The molecular weight excluding hydrogens is 274 g/mol. The number of nitrogens with zero attached hydrogens (tertiary/aromatic N) is 5. The van der Waals surface area contributed by atoms with Gasteiger partial charge in [0.1, 0.15) is 18.2 Å². The molecule has 5 nitrogen and oxygen atoms in total. The van der Waals surface area contributed by atoms with E-state index < -0.39 is 0 Å². The summed E-state index contributed by atoms with van der Waals surface area (Å²) in [5.41, 5.74) is 2.37. The van der Waals surface area contributed by atoms with E-state index in [1.807, 2.05) is 0 Å². The number of piperidine rings is 1. The van der Waals surface area contributed by atoms with Gasteiger partial charge < -0.3 is 4.90 Å². The topological polar surface area (TPSA) is 46.3 Å². The largest absolute Gasteiger partial charge is 0.356 e. The maximum Gasteiger partial charge on any atom is 0.159 e. The molecule has 0 bridgehead atoms. The normalized spacial score (nSPS) is 17.5. The highest BCUT2D eigenvalue weighted by atomic mass is 15.3. The Hall–Kier alpha value is -2.17. The lowest BCUT2D eigenvalue weighted by Gasteiger charge is -2.30. The number of amidine groups is 1. The van der Waals surface area contributed by atoms with Crippen LogP contribution < -0.4 is 0 Å². The Morgan fingerprint density at radius 1 is 1.05 bits per heavy atom. The average Bonchev–Trinajstić information content (AvgIpc) is 2.92. The third-order valence-electron chi connectivity index (χ3n) is 4.53. The molecule has 114 valence electrons. The Morgan fingerprint density at radius 2 is 1.86 bits per heavy atom. The van der Waals surface area contributed by atoms with Gasteiger partial charge >= 0.3 is 0 Å². The Morgan fingerprint density at radius 3 is 2.68 bits per heavy atom. The quantitative estimate of drug-likeness (QED) is 0.812. The molecule has 3 heterocycles. The summed E-state index contributed by atoms with van der Waals surface area (Å²) < 4.78 is 2.19. The predicted molar refractivity (Wildman–Crippen MR) is 86.4 cm³/mol. The molecule has 5 heteroatoms. The smallest absolute Gasteiger partial charge is 0.159 e. The number of para-hydroxylation sites is 1. The molecule has 0 N–H and O–H groups in total. The highest BCUT2D eigenvalue weighted by Gasteiger charge is 2.24. The fourth-order valence-electron chi connectivity index (χ4n) is 3.43. The summed E-state index contributed by atoms with van der Waals surface area (Å²) in [6.45, 7) is 4.94.